The smallest absolute Gasteiger partial charge is 0.321 e. The van der Waals surface area contributed by atoms with E-state index in [1.807, 2.05) is 19.9 Å². The minimum atomic E-state index is -0.525. The molecule has 1 heterocycles. The Hall–Kier alpha value is -1.37. The molecule has 2 aromatic rings. The van der Waals surface area contributed by atoms with Crippen molar-refractivity contribution in [3.8, 4) is 0 Å². The SMILES string of the molecule is CCC(CC)(NC(=O)Nc1nncs1)c1ccc(Cl)c(Cl)c1. The first kappa shape index (κ1) is 17.0. The van der Waals surface area contributed by atoms with Gasteiger partial charge in [0.2, 0.25) is 5.13 Å². The monoisotopic (exact) mass is 358 g/mol. The quantitative estimate of drug-likeness (QED) is 0.814. The number of anilines is 1. The van der Waals surface area contributed by atoms with Crippen LogP contribution < -0.4 is 10.6 Å². The van der Waals surface area contributed by atoms with Gasteiger partial charge in [-0.05, 0) is 30.5 Å². The molecule has 0 fully saturated rings. The molecule has 0 atom stereocenters. The molecule has 5 nitrogen and oxygen atoms in total. The summed E-state index contributed by atoms with van der Waals surface area (Å²) in [7, 11) is 0. The molecule has 2 rings (SSSR count). The zero-order valence-corrected chi connectivity index (χ0v) is 14.5. The number of nitrogens with one attached hydrogen (secondary N) is 2. The van der Waals surface area contributed by atoms with E-state index in [4.69, 9.17) is 23.2 Å². The van der Waals surface area contributed by atoms with E-state index in [-0.39, 0.29) is 6.03 Å². The fourth-order valence-electron chi connectivity index (χ4n) is 2.27. The Morgan fingerprint density at radius 3 is 2.55 bits per heavy atom. The fraction of sp³-hybridized carbons (Fsp3) is 0.357. The van der Waals surface area contributed by atoms with Crippen LogP contribution in [0.5, 0.6) is 0 Å². The molecular weight excluding hydrogens is 343 g/mol. The number of benzene rings is 1. The molecule has 1 aromatic carbocycles. The summed E-state index contributed by atoms with van der Waals surface area (Å²) in [6.45, 7) is 4.02. The number of hydrogen-bond acceptors (Lipinski definition) is 4. The highest BCUT2D eigenvalue weighted by atomic mass is 35.5. The molecule has 0 aliphatic rings. The maximum atomic E-state index is 12.2. The second kappa shape index (κ2) is 7.26. The molecule has 0 spiro atoms. The van der Waals surface area contributed by atoms with Gasteiger partial charge < -0.3 is 5.32 Å². The van der Waals surface area contributed by atoms with Gasteiger partial charge in [0.05, 0.1) is 15.6 Å². The number of urea groups is 1. The van der Waals surface area contributed by atoms with Gasteiger partial charge in [0.15, 0.2) is 0 Å². The van der Waals surface area contributed by atoms with Crippen molar-refractivity contribution in [1.29, 1.82) is 0 Å². The van der Waals surface area contributed by atoms with E-state index < -0.39 is 5.54 Å². The lowest BCUT2D eigenvalue weighted by atomic mass is 9.85. The van der Waals surface area contributed by atoms with Crippen LogP contribution >= 0.6 is 34.5 Å². The molecule has 0 radical (unpaired) electrons. The second-order valence-corrected chi connectivity index (χ2v) is 6.39. The molecule has 0 aliphatic carbocycles. The Morgan fingerprint density at radius 2 is 2.00 bits per heavy atom. The van der Waals surface area contributed by atoms with Crippen molar-refractivity contribution in [3.05, 3.63) is 39.3 Å². The van der Waals surface area contributed by atoms with E-state index in [9.17, 15) is 4.79 Å². The van der Waals surface area contributed by atoms with Crippen molar-refractivity contribution >= 4 is 45.7 Å². The third-order valence-electron chi connectivity index (χ3n) is 3.61. The Morgan fingerprint density at radius 1 is 1.27 bits per heavy atom. The van der Waals surface area contributed by atoms with Gasteiger partial charge >= 0.3 is 6.03 Å². The Balaban J connectivity index is 2.23. The van der Waals surface area contributed by atoms with Crippen molar-refractivity contribution < 1.29 is 4.79 Å². The maximum Gasteiger partial charge on any atom is 0.321 e. The number of carbonyl (C=O) groups excluding carboxylic acids is 1. The summed E-state index contributed by atoms with van der Waals surface area (Å²) >= 11 is 13.3. The zero-order chi connectivity index (χ0) is 16.2. The number of hydrogen-bond donors (Lipinski definition) is 2. The Bertz CT molecular complexity index is 644. The summed E-state index contributed by atoms with van der Waals surface area (Å²) in [6.07, 6.45) is 1.43. The zero-order valence-electron chi connectivity index (χ0n) is 12.2. The normalized spacial score (nSPS) is 11.3. The largest absolute Gasteiger partial charge is 0.328 e. The Kier molecular flexibility index (Phi) is 5.61. The summed E-state index contributed by atoms with van der Waals surface area (Å²) in [5.41, 5.74) is 1.95. The van der Waals surface area contributed by atoms with E-state index in [0.29, 0.717) is 28.0 Å². The van der Waals surface area contributed by atoms with Crippen molar-refractivity contribution in [1.82, 2.24) is 15.5 Å². The Labute approximate surface area is 143 Å². The van der Waals surface area contributed by atoms with E-state index >= 15 is 0 Å². The summed E-state index contributed by atoms with van der Waals surface area (Å²) in [5, 5.41) is 14.6. The van der Waals surface area contributed by atoms with Crippen molar-refractivity contribution in [2.45, 2.75) is 32.2 Å². The number of aromatic nitrogens is 2. The van der Waals surface area contributed by atoms with E-state index in [1.54, 1.807) is 17.6 Å². The average Bonchev–Trinajstić information content (AvgIpc) is 3.00. The lowest BCUT2D eigenvalue weighted by Crippen LogP contribution is -2.47. The van der Waals surface area contributed by atoms with Crippen LogP contribution in [0.4, 0.5) is 9.93 Å². The van der Waals surface area contributed by atoms with Gasteiger partial charge in [0.25, 0.3) is 0 Å². The van der Waals surface area contributed by atoms with E-state index in [0.717, 1.165) is 5.56 Å². The van der Waals surface area contributed by atoms with Crippen LogP contribution in [0, 0.1) is 0 Å². The average molecular weight is 359 g/mol. The molecule has 0 saturated carbocycles. The summed E-state index contributed by atoms with van der Waals surface area (Å²) in [5.74, 6) is 0. The van der Waals surface area contributed by atoms with Gasteiger partial charge in [-0.2, -0.15) is 0 Å². The number of nitrogens with zero attached hydrogens (tertiary/aromatic N) is 2. The van der Waals surface area contributed by atoms with Crippen LogP contribution in [0.2, 0.25) is 10.0 Å². The molecule has 0 aliphatic heterocycles. The number of halogens is 2. The van der Waals surface area contributed by atoms with Crippen molar-refractivity contribution in [2.75, 3.05) is 5.32 Å². The number of carbonyl (C=O) groups is 1. The highest BCUT2D eigenvalue weighted by Gasteiger charge is 2.31. The van der Waals surface area contributed by atoms with Crippen LogP contribution in [0.15, 0.2) is 23.7 Å². The second-order valence-electron chi connectivity index (χ2n) is 4.74. The third-order valence-corrected chi connectivity index (χ3v) is 4.96. The van der Waals surface area contributed by atoms with Gasteiger partial charge in [-0.25, -0.2) is 4.79 Å². The molecule has 2 N–H and O–H groups in total. The predicted molar refractivity (Wildman–Crippen MR) is 90.8 cm³/mol. The first-order valence-corrected chi connectivity index (χ1v) is 8.45. The van der Waals surface area contributed by atoms with Crippen LogP contribution in [0.3, 0.4) is 0 Å². The van der Waals surface area contributed by atoms with Crippen LogP contribution in [0.1, 0.15) is 32.3 Å². The molecular formula is C14H16Cl2N4OS. The van der Waals surface area contributed by atoms with Crippen molar-refractivity contribution in [2.24, 2.45) is 0 Å². The third kappa shape index (κ3) is 3.69. The highest BCUT2D eigenvalue weighted by Crippen LogP contribution is 2.33. The predicted octanol–water partition coefficient (Wildman–Crippen LogP) is 4.68. The summed E-state index contributed by atoms with van der Waals surface area (Å²) in [4.78, 5) is 12.2. The molecule has 118 valence electrons. The number of amides is 2. The summed E-state index contributed by atoms with van der Waals surface area (Å²) in [6, 6.07) is 5.09. The maximum absolute atomic E-state index is 12.2. The van der Waals surface area contributed by atoms with Gasteiger partial charge in [-0.3, -0.25) is 5.32 Å². The molecule has 2 amide bonds. The van der Waals surface area contributed by atoms with Crippen LogP contribution in [0.25, 0.3) is 0 Å². The molecule has 0 unspecified atom stereocenters. The van der Waals surface area contributed by atoms with Crippen molar-refractivity contribution in [3.63, 3.8) is 0 Å². The fourth-order valence-corrected chi connectivity index (χ4v) is 3.01. The molecule has 0 bridgehead atoms. The molecule has 8 heteroatoms. The van der Waals surface area contributed by atoms with E-state index in [2.05, 4.69) is 20.8 Å². The van der Waals surface area contributed by atoms with Crippen LogP contribution in [-0.4, -0.2) is 16.2 Å². The molecule has 0 saturated heterocycles. The lowest BCUT2D eigenvalue weighted by molar-refractivity contribution is 0.232. The van der Waals surface area contributed by atoms with Gasteiger partial charge in [-0.15, -0.1) is 10.2 Å². The minimum Gasteiger partial charge on any atom is -0.328 e. The summed E-state index contributed by atoms with van der Waals surface area (Å²) < 4.78 is 0. The molecule has 22 heavy (non-hydrogen) atoms. The number of rotatable bonds is 5. The molecule has 1 aromatic heterocycles. The lowest BCUT2D eigenvalue weighted by Gasteiger charge is -2.33. The van der Waals surface area contributed by atoms with E-state index in [1.165, 1.54) is 11.3 Å². The first-order chi connectivity index (χ1) is 10.5. The van der Waals surface area contributed by atoms with Gasteiger partial charge in [-0.1, -0.05) is 54.5 Å². The standard InChI is InChI=1S/C14H16Cl2N4OS/c1-3-14(4-2,9-5-6-10(15)11(16)7-9)19-12(21)18-13-20-17-8-22-13/h5-8H,3-4H2,1-2H3,(H2,18,19,20,21). The van der Waals surface area contributed by atoms with Gasteiger partial charge in [0.1, 0.15) is 5.51 Å². The van der Waals surface area contributed by atoms with Crippen LogP contribution in [-0.2, 0) is 5.54 Å². The topological polar surface area (TPSA) is 66.9 Å². The highest BCUT2D eigenvalue weighted by molar-refractivity contribution is 7.13. The van der Waals surface area contributed by atoms with Gasteiger partial charge in [0, 0.05) is 0 Å². The minimum absolute atomic E-state index is 0.327. The first-order valence-electron chi connectivity index (χ1n) is 6.81.